The maximum atomic E-state index is 10.9. The van der Waals surface area contributed by atoms with E-state index in [4.69, 9.17) is 9.84 Å². The zero-order valence-electron chi connectivity index (χ0n) is 12.0. The number of rotatable bonds is 4. The molecule has 19 heavy (non-hydrogen) atoms. The molecule has 2 aliphatic rings. The van der Waals surface area contributed by atoms with Crippen LogP contribution in [0, 0.1) is 0 Å². The lowest BCUT2D eigenvalue weighted by Gasteiger charge is -2.32. The summed E-state index contributed by atoms with van der Waals surface area (Å²) in [6.07, 6.45) is 3.37. The summed E-state index contributed by atoms with van der Waals surface area (Å²) < 4.78 is 5.63. The summed E-state index contributed by atoms with van der Waals surface area (Å²) >= 11 is 0. The van der Waals surface area contributed by atoms with Crippen LogP contribution in [0.3, 0.4) is 0 Å². The molecule has 2 fully saturated rings. The van der Waals surface area contributed by atoms with Crippen molar-refractivity contribution in [3.63, 3.8) is 0 Å². The summed E-state index contributed by atoms with van der Waals surface area (Å²) in [5.74, 6) is -0.815. The number of likely N-dealkylation sites (N-methyl/N-ethyl adjacent to an activating group) is 1. The van der Waals surface area contributed by atoms with Gasteiger partial charge in [-0.2, -0.15) is 0 Å². The summed E-state index contributed by atoms with van der Waals surface area (Å²) in [7, 11) is 2.18. The molecule has 5 heteroatoms. The first-order valence-corrected chi connectivity index (χ1v) is 7.41. The van der Waals surface area contributed by atoms with Gasteiger partial charge in [-0.1, -0.05) is 6.92 Å². The topological polar surface area (TPSA) is 53.0 Å². The molecule has 0 saturated carbocycles. The van der Waals surface area contributed by atoms with E-state index in [1.54, 1.807) is 0 Å². The predicted octanol–water partition coefficient (Wildman–Crippen LogP) is 1.03. The molecular formula is C14H26N2O3. The fourth-order valence-corrected chi connectivity index (χ4v) is 3.20. The number of aliphatic carboxylic acids is 1. The van der Waals surface area contributed by atoms with Gasteiger partial charge in [0.05, 0.1) is 6.10 Å². The highest BCUT2D eigenvalue weighted by atomic mass is 16.5. The Hall–Kier alpha value is -0.650. The third kappa shape index (κ3) is 3.91. The number of hydrogen-bond donors (Lipinski definition) is 1. The van der Waals surface area contributed by atoms with Crippen molar-refractivity contribution in [1.82, 2.24) is 9.80 Å². The van der Waals surface area contributed by atoms with Crippen LogP contribution in [-0.2, 0) is 9.53 Å². The van der Waals surface area contributed by atoms with Crippen molar-refractivity contribution >= 4 is 5.97 Å². The van der Waals surface area contributed by atoms with Crippen molar-refractivity contribution in [2.24, 2.45) is 0 Å². The van der Waals surface area contributed by atoms with Crippen LogP contribution in [0.25, 0.3) is 0 Å². The Kier molecular flexibility index (Phi) is 5.19. The lowest BCUT2D eigenvalue weighted by molar-refractivity contribution is -0.149. The van der Waals surface area contributed by atoms with Crippen molar-refractivity contribution in [3.8, 4) is 0 Å². The van der Waals surface area contributed by atoms with E-state index in [9.17, 15) is 4.79 Å². The number of carbonyl (C=O) groups is 1. The van der Waals surface area contributed by atoms with Crippen LogP contribution in [0.5, 0.6) is 0 Å². The van der Waals surface area contributed by atoms with Crippen molar-refractivity contribution in [1.29, 1.82) is 0 Å². The standard InChI is InChI=1S/C14H26N2O3/c1-3-11-9-15(2)7-4-8-16(11)10-12-5-6-13(19-12)14(17)18/h11-13H,3-10H2,1-2H3,(H,17,18). The number of nitrogens with zero attached hydrogens (tertiary/aromatic N) is 2. The first-order chi connectivity index (χ1) is 9.10. The van der Waals surface area contributed by atoms with Crippen LogP contribution in [0.15, 0.2) is 0 Å². The van der Waals surface area contributed by atoms with Crippen LogP contribution in [-0.4, -0.2) is 72.4 Å². The van der Waals surface area contributed by atoms with Gasteiger partial charge in [0, 0.05) is 19.1 Å². The molecule has 1 N–H and O–H groups in total. The average molecular weight is 270 g/mol. The fraction of sp³-hybridized carbons (Fsp3) is 0.929. The lowest BCUT2D eigenvalue weighted by atomic mass is 10.1. The average Bonchev–Trinajstić information content (AvgIpc) is 2.76. The molecule has 5 nitrogen and oxygen atoms in total. The molecule has 2 rings (SSSR count). The number of ether oxygens (including phenoxy) is 1. The van der Waals surface area contributed by atoms with Crippen molar-refractivity contribution < 1.29 is 14.6 Å². The largest absolute Gasteiger partial charge is 0.479 e. The summed E-state index contributed by atoms with van der Waals surface area (Å²) in [6.45, 7) is 6.46. The fourth-order valence-electron chi connectivity index (χ4n) is 3.20. The maximum Gasteiger partial charge on any atom is 0.332 e. The van der Waals surface area contributed by atoms with Crippen LogP contribution in [0.1, 0.15) is 32.6 Å². The number of hydrogen-bond acceptors (Lipinski definition) is 4. The molecule has 0 amide bonds. The zero-order chi connectivity index (χ0) is 13.8. The minimum absolute atomic E-state index is 0.0959. The van der Waals surface area contributed by atoms with Crippen molar-refractivity contribution in [2.75, 3.05) is 33.2 Å². The van der Waals surface area contributed by atoms with Crippen LogP contribution >= 0.6 is 0 Å². The smallest absolute Gasteiger partial charge is 0.332 e. The second-order valence-corrected chi connectivity index (χ2v) is 5.84. The van der Waals surface area contributed by atoms with Crippen molar-refractivity contribution in [2.45, 2.75) is 50.9 Å². The molecule has 3 unspecified atom stereocenters. The van der Waals surface area contributed by atoms with Gasteiger partial charge in [-0.25, -0.2) is 4.79 Å². The quantitative estimate of drug-likeness (QED) is 0.827. The maximum absolute atomic E-state index is 10.9. The van der Waals surface area contributed by atoms with Crippen molar-refractivity contribution in [3.05, 3.63) is 0 Å². The van der Waals surface area contributed by atoms with Gasteiger partial charge in [-0.15, -0.1) is 0 Å². The molecule has 0 spiro atoms. The summed E-state index contributed by atoms with van der Waals surface area (Å²) in [5.41, 5.74) is 0. The van der Waals surface area contributed by atoms with Crippen LogP contribution in [0.4, 0.5) is 0 Å². The molecule has 2 saturated heterocycles. The first kappa shape index (κ1) is 14.8. The van der Waals surface area contributed by atoms with Gasteiger partial charge >= 0.3 is 5.97 Å². The van der Waals surface area contributed by atoms with Gasteiger partial charge in [0.25, 0.3) is 0 Å². The Labute approximate surface area is 115 Å². The van der Waals surface area contributed by atoms with Gasteiger partial charge < -0.3 is 14.7 Å². The minimum Gasteiger partial charge on any atom is -0.479 e. The molecule has 0 aliphatic carbocycles. The molecule has 3 atom stereocenters. The minimum atomic E-state index is -0.815. The monoisotopic (exact) mass is 270 g/mol. The molecule has 2 aliphatic heterocycles. The van der Waals surface area contributed by atoms with E-state index < -0.39 is 12.1 Å². The van der Waals surface area contributed by atoms with Gasteiger partial charge in [0.2, 0.25) is 0 Å². The molecule has 0 aromatic carbocycles. The van der Waals surface area contributed by atoms with E-state index >= 15 is 0 Å². The van der Waals surface area contributed by atoms with E-state index in [2.05, 4.69) is 23.8 Å². The van der Waals surface area contributed by atoms with E-state index in [1.807, 2.05) is 0 Å². The summed E-state index contributed by atoms with van der Waals surface area (Å²) in [6, 6.07) is 0.569. The first-order valence-electron chi connectivity index (χ1n) is 7.41. The normalized spacial score (nSPS) is 34.3. The van der Waals surface area contributed by atoms with E-state index in [1.165, 1.54) is 6.42 Å². The second kappa shape index (κ2) is 6.68. The molecule has 2 heterocycles. The Morgan fingerprint density at radius 1 is 1.37 bits per heavy atom. The highest BCUT2D eigenvalue weighted by Gasteiger charge is 2.33. The molecular weight excluding hydrogens is 244 g/mol. The molecule has 0 radical (unpaired) electrons. The molecule has 0 aromatic heterocycles. The van der Waals surface area contributed by atoms with E-state index in [0.29, 0.717) is 12.5 Å². The van der Waals surface area contributed by atoms with Crippen LogP contribution in [0.2, 0.25) is 0 Å². The van der Waals surface area contributed by atoms with Crippen LogP contribution < -0.4 is 0 Å². The summed E-state index contributed by atoms with van der Waals surface area (Å²) in [5, 5.41) is 8.97. The second-order valence-electron chi connectivity index (χ2n) is 5.84. The number of carboxylic acid groups (broad SMARTS) is 1. The zero-order valence-corrected chi connectivity index (χ0v) is 12.0. The van der Waals surface area contributed by atoms with Gasteiger partial charge in [0.1, 0.15) is 0 Å². The molecule has 0 aromatic rings. The third-order valence-electron chi connectivity index (χ3n) is 4.32. The van der Waals surface area contributed by atoms with Gasteiger partial charge in [-0.05, 0) is 45.8 Å². The summed E-state index contributed by atoms with van der Waals surface area (Å²) in [4.78, 5) is 15.8. The SMILES string of the molecule is CCC1CN(C)CCCN1CC1CCC(C(=O)O)O1. The van der Waals surface area contributed by atoms with Gasteiger partial charge in [-0.3, -0.25) is 4.90 Å². The third-order valence-corrected chi connectivity index (χ3v) is 4.32. The lowest BCUT2D eigenvalue weighted by Crippen LogP contribution is -2.43. The Balaban J connectivity index is 1.88. The highest BCUT2D eigenvalue weighted by Crippen LogP contribution is 2.22. The molecule has 110 valence electrons. The number of carboxylic acids is 1. The van der Waals surface area contributed by atoms with E-state index in [0.717, 1.165) is 39.0 Å². The highest BCUT2D eigenvalue weighted by molar-refractivity contribution is 5.72. The predicted molar refractivity (Wildman–Crippen MR) is 73.3 cm³/mol. The molecule has 0 bridgehead atoms. The van der Waals surface area contributed by atoms with E-state index in [-0.39, 0.29) is 6.10 Å². The Morgan fingerprint density at radius 3 is 2.79 bits per heavy atom. The Morgan fingerprint density at radius 2 is 2.16 bits per heavy atom. The Bertz CT molecular complexity index is 311. The van der Waals surface area contributed by atoms with Gasteiger partial charge in [0.15, 0.2) is 6.10 Å².